The van der Waals surface area contributed by atoms with Crippen LogP contribution in [0.1, 0.15) is 5.56 Å². The second kappa shape index (κ2) is 6.91. The molecule has 0 saturated heterocycles. The number of rotatable bonds is 3. The van der Waals surface area contributed by atoms with Gasteiger partial charge in [0, 0.05) is 27.9 Å². The highest BCUT2D eigenvalue weighted by atomic mass is 79.9. The number of hydrogen-bond donors (Lipinski definition) is 1. The van der Waals surface area contributed by atoms with Gasteiger partial charge in [-0.3, -0.25) is 0 Å². The van der Waals surface area contributed by atoms with Crippen LogP contribution in [0.3, 0.4) is 0 Å². The maximum absolute atomic E-state index is 11.2. The second-order valence-electron chi connectivity index (χ2n) is 3.30. The Bertz CT molecular complexity index is 551. The van der Waals surface area contributed by atoms with Crippen molar-refractivity contribution >= 4 is 117 Å². The number of hydrogen-bond acceptors (Lipinski definition) is 1. The average molecular weight is 714 g/mol. The highest BCUT2D eigenvalue weighted by molar-refractivity contribution is 9.25. The van der Waals surface area contributed by atoms with Crippen molar-refractivity contribution in [2.75, 3.05) is 0 Å². The molecule has 1 rings (SSSR count). The van der Waals surface area contributed by atoms with Gasteiger partial charge in [-0.05, 0) is 79.6 Å². The Kier molecular flexibility index (Phi) is 6.85. The van der Waals surface area contributed by atoms with Gasteiger partial charge in [0.15, 0.2) is 0 Å². The van der Waals surface area contributed by atoms with Gasteiger partial charge in [0.05, 0.1) is 5.57 Å². The number of aliphatic carboxylic acids is 1. The van der Waals surface area contributed by atoms with Crippen LogP contribution in [0.25, 0.3) is 0 Å². The van der Waals surface area contributed by atoms with E-state index in [2.05, 4.69) is 118 Å². The van der Waals surface area contributed by atoms with Gasteiger partial charge < -0.3 is 5.11 Å². The molecule has 2 nitrogen and oxygen atoms in total. The van der Waals surface area contributed by atoms with Crippen LogP contribution in [-0.4, -0.2) is 11.1 Å². The van der Waals surface area contributed by atoms with Crippen LogP contribution in [0, 0.1) is 0 Å². The van der Waals surface area contributed by atoms with Crippen molar-refractivity contribution in [3.05, 3.63) is 40.1 Å². The molecule has 1 N–H and O–H groups in total. The van der Waals surface area contributed by atoms with E-state index in [0.717, 1.165) is 13.4 Å². The molecule has 0 saturated carbocycles. The molecule has 0 heterocycles. The van der Waals surface area contributed by atoms with E-state index >= 15 is 0 Å². The van der Waals surface area contributed by atoms with Crippen molar-refractivity contribution < 1.29 is 9.90 Å². The molecule has 0 fully saturated rings. The summed E-state index contributed by atoms with van der Waals surface area (Å²) in [6.45, 7) is 3.59. The van der Waals surface area contributed by atoms with E-state index in [4.69, 9.17) is 5.11 Å². The average Bonchev–Trinajstić information content (AvgIpc) is 2.32. The van der Waals surface area contributed by atoms with E-state index in [-0.39, 0.29) is 5.57 Å². The lowest BCUT2D eigenvalue weighted by atomic mass is 10.1. The zero-order chi connectivity index (χ0) is 15.1. The lowest BCUT2D eigenvalue weighted by molar-refractivity contribution is -0.132. The van der Waals surface area contributed by atoms with Gasteiger partial charge in [0.1, 0.15) is 3.23 Å². The molecule has 0 atom stereocenters. The Balaban J connectivity index is 3.69. The summed E-state index contributed by atoms with van der Waals surface area (Å²) in [4.78, 5) is 11.2. The fourth-order valence-corrected chi connectivity index (χ4v) is 7.00. The number of carboxylic acid groups (broad SMARTS) is 1. The summed E-state index contributed by atoms with van der Waals surface area (Å²) in [5.74, 6) is -1.11. The zero-order valence-electron chi connectivity index (χ0n) is 8.71. The van der Waals surface area contributed by atoms with Crippen molar-refractivity contribution in [3.8, 4) is 0 Å². The maximum atomic E-state index is 11.2. The lowest BCUT2D eigenvalue weighted by Gasteiger charge is -2.25. The summed E-state index contributed by atoms with van der Waals surface area (Å²) in [5.41, 5.74) is 0.594. The Hall–Kier alpha value is 1.79. The molecule has 0 aromatic heterocycles. The van der Waals surface area contributed by atoms with E-state index in [1.54, 1.807) is 0 Å². The van der Waals surface area contributed by atoms with Crippen molar-refractivity contribution in [3.63, 3.8) is 0 Å². The minimum absolute atomic E-state index is 0.0463. The quantitative estimate of drug-likeness (QED) is 0.157. The molecular formula is C10H3Br7O2. The minimum atomic E-state index is -1.12. The molecular weight excluding hydrogens is 711 g/mol. The number of benzene rings is 1. The molecule has 104 valence electrons. The molecule has 1 aromatic rings. The third-order valence-electron chi connectivity index (χ3n) is 2.16. The van der Waals surface area contributed by atoms with Crippen molar-refractivity contribution in [2.24, 2.45) is 0 Å². The fourth-order valence-electron chi connectivity index (χ4n) is 1.17. The normalized spacial score (nSPS) is 11.5. The summed E-state index contributed by atoms with van der Waals surface area (Å²) in [6, 6.07) is 0. The highest BCUT2D eigenvalue weighted by Crippen LogP contribution is 2.55. The Morgan fingerprint density at radius 3 is 1.53 bits per heavy atom. The predicted molar refractivity (Wildman–Crippen MR) is 101 cm³/mol. The van der Waals surface area contributed by atoms with Crippen LogP contribution in [0.4, 0.5) is 0 Å². The monoisotopic (exact) mass is 707 g/mol. The first-order valence-electron chi connectivity index (χ1n) is 4.35. The predicted octanol–water partition coefficient (Wildman–Crippen LogP) is 7.08. The van der Waals surface area contributed by atoms with E-state index in [1.165, 1.54) is 0 Å². The molecule has 0 amide bonds. The van der Waals surface area contributed by atoms with Crippen LogP contribution < -0.4 is 0 Å². The smallest absolute Gasteiger partial charge is 0.333 e. The molecule has 0 aliphatic rings. The van der Waals surface area contributed by atoms with E-state index < -0.39 is 9.20 Å². The lowest BCUT2D eigenvalue weighted by Crippen LogP contribution is -2.20. The zero-order valence-corrected chi connectivity index (χ0v) is 19.8. The van der Waals surface area contributed by atoms with Crippen molar-refractivity contribution in [2.45, 2.75) is 3.23 Å². The van der Waals surface area contributed by atoms with Crippen molar-refractivity contribution in [1.82, 2.24) is 0 Å². The standard InChI is InChI=1S/C10H3Br7O2/c1-2(9(18)19)10(16,17)3-4(11)6(13)8(15)7(14)5(3)12/h1H2,(H,18,19). The summed E-state index contributed by atoms with van der Waals surface area (Å²) < 4.78 is 2.55. The highest BCUT2D eigenvalue weighted by Gasteiger charge is 2.38. The van der Waals surface area contributed by atoms with E-state index in [0.29, 0.717) is 14.5 Å². The second-order valence-corrected chi connectivity index (χ2v) is 10.7. The molecule has 19 heavy (non-hydrogen) atoms. The maximum Gasteiger partial charge on any atom is 0.333 e. The first kappa shape index (κ1) is 18.8. The van der Waals surface area contributed by atoms with Gasteiger partial charge in [-0.15, -0.1) is 0 Å². The number of alkyl halides is 2. The SMILES string of the molecule is C=C(C(=O)O)C(Br)(Br)c1c(Br)c(Br)c(Br)c(Br)c1Br. The molecule has 0 spiro atoms. The van der Waals surface area contributed by atoms with Gasteiger partial charge in [-0.1, -0.05) is 38.4 Å². The third kappa shape index (κ3) is 3.59. The Morgan fingerprint density at radius 1 is 0.895 bits per heavy atom. The molecule has 0 unspecified atom stereocenters. The summed E-state index contributed by atoms with van der Waals surface area (Å²) in [7, 11) is 0. The molecule has 1 aromatic carbocycles. The topological polar surface area (TPSA) is 37.3 Å². The fraction of sp³-hybridized carbons (Fsp3) is 0.100. The summed E-state index contributed by atoms with van der Waals surface area (Å²) in [5, 5.41) is 9.13. The summed E-state index contributed by atoms with van der Waals surface area (Å²) in [6.07, 6.45) is 0. The third-order valence-corrected chi connectivity index (χ3v) is 10.0. The van der Waals surface area contributed by atoms with Gasteiger partial charge in [0.25, 0.3) is 0 Å². The minimum Gasteiger partial charge on any atom is -0.478 e. The first-order chi connectivity index (χ1) is 8.53. The summed E-state index contributed by atoms with van der Waals surface area (Å²) >= 11 is 23.9. The van der Waals surface area contributed by atoms with Crippen molar-refractivity contribution in [1.29, 1.82) is 0 Å². The first-order valence-corrected chi connectivity index (χ1v) is 9.91. The Labute approximate surface area is 168 Å². The van der Waals surface area contributed by atoms with E-state index in [1.807, 2.05) is 0 Å². The Morgan fingerprint density at radius 2 is 1.21 bits per heavy atom. The molecule has 0 bridgehead atoms. The molecule has 0 radical (unpaired) electrons. The molecule has 0 aliphatic carbocycles. The van der Waals surface area contributed by atoms with Crippen LogP contribution in [0.2, 0.25) is 0 Å². The van der Waals surface area contributed by atoms with Crippen LogP contribution in [0.15, 0.2) is 34.5 Å². The number of carboxylic acids is 1. The van der Waals surface area contributed by atoms with Gasteiger partial charge in [0.2, 0.25) is 0 Å². The largest absolute Gasteiger partial charge is 0.478 e. The number of carbonyl (C=O) groups is 1. The number of halogens is 7. The van der Waals surface area contributed by atoms with Gasteiger partial charge in [-0.25, -0.2) is 4.79 Å². The van der Waals surface area contributed by atoms with E-state index in [9.17, 15) is 4.79 Å². The molecule has 9 heteroatoms. The molecule has 0 aliphatic heterocycles. The van der Waals surface area contributed by atoms with Crippen LogP contribution in [-0.2, 0) is 8.03 Å². The van der Waals surface area contributed by atoms with Gasteiger partial charge in [-0.2, -0.15) is 0 Å². The van der Waals surface area contributed by atoms with Crippen LogP contribution in [0.5, 0.6) is 0 Å². The van der Waals surface area contributed by atoms with Crippen LogP contribution >= 0.6 is 112 Å². The van der Waals surface area contributed by atoms with Gasteiger partial charge >= 0.3 is 5.97 Å².